The summed E-state index contributed by atoms with van der Waals surface area (Å²) in [6.45, 7) is -0.271. The van der Waals surface area contributed by atoms with Gasteiger partial charge in [0, 0.05) is 3.57 Å². The Morgan fingerprint density at radius 2 is 1.96 bits per heavy atom. The van der Waals surface area contributed by atoms with Crippen molar-refractivity contribution >= 4 is 63.1 Å². The van der Waals surface area contributed by atoms with Gasteiger partial charge in [-0.25, -0.2) is 14.3 Å². The van der Waals surface area contributed by atoms with Crippen molar-refractivity contribution in [2.24, 2.45) is 5.92 Å². The van der Waals surface area contributed by atoms with E-state index in [1.807, 2.05) is 0 Å². The SMILES string of the molecule is O=C(NOC(CO)C1CC1)c1cc(Cl)c(F)c(F)c1Nc1ccc(I)cc1Cl. The molecule has 0 heterocycles. The van der Waals surface area contributed by atoms with Crippen LogP contribution in [0.15, 0.2) is 24.3 Å². The fraction of sp³-hybridized carbons (Fsp3) is 0.278. The lowest BCUT2D eigenvalue weighted by atomic mass is 10.1. The second-order valence-electron chi connectivity index (χ2n) is 6.27. The second-order valence-corrected chi connectivity index (χ2v) is 8.33. The smallest absolute Gasteiger partial charge is 0.277 e. The van der Waals surface area contributed by atoms with Crippen molar-refractivity contribution in [2.75, 3.05) is 11.9 Å². The number of rotatable bonds is 7. The van der Waals surface area contributed by atoms with Gasteiger partial charge in [-0.3, -0.25) is 9.63 Å². The average Bonchev–Trinajstić information content (AvgIpc) is 3.49. The molecule has 0 radical (unpaired) electrons. The van der Waals surface area contributed by atoms with Gasteiger partial charge in [0.2, 0.25) is 0 Å². The van der Waals surface area contributed by atoms with Crippen molar-refractivity contribution in [3.8, 4) is 0 Å². The fourth-order valence-corrected chi connectivity index (χ4v) is 3.65. The highest BCUT2D eigenvalue weighted by Crippen LogP contribution is 2.35. The molecule has 1 fully saturated rings. The number of hydroxylamine groups is 1. The summed E-state index contributed by atoms with van der Waals surface area (Å²) in [5.41, 5.74) is 1.75. The minimum absolute atomic E-state index is 0.155. The number of benzene rings is 2. The molecule has 1 amide bonds. The molecule has 2 aromatic rings. The van der Waals surface area contributed by atoms with Crippen LogP contribution in [0.4, 0.5) is 20.2 Å². The van der Waals surface area contributed by atoms with Gasteiger partial charge in [0.25, 0.3) is 5.91 Å². The molecule has 1 saturated carbocycles. The van der Waals surface area contributed by atoms with Gasteiger partial charge in [0.1, 0.15) is 6.10 Å². The van der Waals surface area contributed by atoms with Crippen molar-refractivity contribution < 1.29 is 23.5 Å². The van der Waals surface area contributed by atoms with E-state index >= 15 is 0 Å². The lowest BCUT2D eigenvalue weighted by Gasteiger charge is -2.18. The van der Waals surface area contributed by atoms with E-state index in [0.29, 0.717) is 0 Å². The molecule has 10 heteroatoms. The average molecular weight is 543 g/mol. The number of nitrogens with one attached hydrogen (secondary N) is 2. The summed E-state index contributed by atoms with van der Waals surface area (Å²) in [4.78, 5) is 17.8. The maximum Gasteiger partial charge on any atom is 0.277 e. The molecule has 0 aliphatic heterocycles. The van der Waals surface area contributed by atoms with E-state index in [1.165, 1.54) is 0 Å². The van der Waals surface area contributed by atoms with E-state index in [1.54, 1.807) is 18.2 Å². The number of hydrogen-bond acceptors (Lipinski definition) is 4. The fourth-order valence-electron chi connectivity index (χ4n) is 2.56. The highest BCUT2D eigenvalue weighted by Gasteiger charge is 2.33. The summed E-state index contributed by atoms with van der Waals surface area (Å²) in [5, 5.41) is 11.7. The molecule has 1 aliphatic rings. The minimum Gasteiger partial charge on any atom is -0.394 e. The van der Waals surface area contributed by atoms with Crippen LogP contribution >= 0.6 is 45.8 Å². The van der Waals surface area contributed by atoms with Gasteiger partial charge in [0.05, 0.1) is 33.6 Å². The molecule has 0 aromatic heterocycles. The molecule has 0 saturated heterocycles. The number of carbonyl (C=O) groups is 1. The number of amides is 1. The van der Waals surface area contributed by atoms with Crippen LogP contribution < -0.4 is 10.8 Å². The van der Waals surface area contributed by atoms with Crippen molar-refractivity contribution in [2.45, 2.75) is 18.9 Å². The number of carbonyl (C=O) groups excluding carboxylic acids is 1. The number of anilines is 2. The summed E-state index contributed by atoms with van der Waals surface area (Å²) in [6.07, 6.45) is 1.21. The van der Waals surface area contributed by atoms with E-state index in [4.69, 9.17) is 28.0 Å². The predicted molar refractivity (Wildman–Crippen MR) is 111 cm³/mol. The maximum atomic E-state index is 14.6. The third-order valence-corrected chi connectivity index (χ3v) is 5.49. The lowest BCUT2D eigenvalue weighted by molar-refractivity contribution is -0.0497. The van der Waals surface area contributed by atoms with Crippen LogP contribution in [0.5, 0.6) is 0 Å². The van der Waals surface area contributed by atoms with Crippen LogP contribution in [0.1, 0.15) is 23.2 Å². The Hall–Kier alpha value is -1.20. The van der Waals surface area contributed by atoms with Crippen LogP contribution in [-0.2, 0) is 4.84 Å². The van der Waals surface area contributed by atoms with E-state index < -0.39 is 34.4 Å². The van der Waals surface area contributed by atoms with Crippen LogP contribution in [0.3, 0.4) is 0 Å². The largest absolute Gasteiger partial charge is 0.394 e. The standard InChI is InChI=1S/C18H15Cl2F2IN2O3/c19-11-5-9(23)3-4-13(11)24-17-10(6-12(20)15(21)16(17)22)18(27)25-28-14(7-26)8-1-2-8/h3-6,8,14,24,26H,1-2,7H2,(H,25,27). The van der Waals surface area contributed by atoms with Gasteiger partial charge in [-0.1, -0.05) is 23.2 Å². The molecule has 1 aliphatic carbocycles. The molecule has 1 atom stereocenters. The molecule has 28 heavy (non-hydrogen) atoms. The summed E-state index contributed by atoms with van der Waals surface area (Å²) in [7, 11) is 0. The summed E-state index contributed by atoms with van der Waals surface area (Å²) in [6, 6.07) is 5.90. The number of halogens is 5. The van der Waals surface area contributed by atoms with Crippen LogP contribution in [0.2, 0.25) is 10.0 Å². The minimum atomic E-state index is -1.33. The zero-order chi connectivity index (χ0) is 20.4. The first-order chi connectivity index (χ1) is 13.3. The second kappa shape index (κ2) is 9.08. The Labute approximate surface area is 183 Å². The van der Waals surface area contributed by atoms with Crippen molar-refractivity contribution in [3.05, 3.63) is 55.1 Å². The van der Waals surface area contributed by atoms with Gasteiger partial charge in [-0.15, -0.1) is 0 Å². The van der Waals surface area contributed by atoms with Crippen molar-refractivity contribution in [3.63, 3.8) is 0 Å². The van der Waals surface area contributed by atoms with E-state index in [9.17, 15) is 18.7 Å². The lowest BCUT2D eigenvalue weighted by Crippen LogP contribution is -2.33. The van der Waals surface area contributed by atoms with Gasteiger partial charge >= 0.3 is 0 Å². The molecule has 2 aromatic carbocycles. The molecule has 150 valence electrons. The quantitative estimate of drug-likeness (QED) is 0.260. The van der Waals surface area contributed by atoms with Crippen LogP contribution in [0, 0.1) is 21.1 Å². The zero-order valence-corrected chi connectivity index (χ0v) is 17.9. The first-order valence-corrected chi connectivity index (χ1v) is 10.1. The Bertz CT molecular complexity index is 913. The predicted octanol–water partition coefficient (Wildman–Crippen LogP) is 5.05. The Kier molecular flexibility index (Phi) is 6.98. The maximum absolute atomic E-state index is 14.6. The first-order valence-electron chi connectivity index (χ1n) is 8.28. The molecule has 3 N–H and O–H groups in total. The molecular formula is C18H15Cl2F2IN2O3. The molecule has 5 nitrogen and oxygen atoms in total. The van der Waals surface area contributed by atoms with E-state index in [2.05, 4.69) is 33.4 Å². The van der Waals surface area contributed by atoms with E-state index in [-0.39, 0.29) is 28.8 Å². The highest BCUT2D eigenvalue weighted by atomic mass is 127. The summed E-state index contributed by atoms with van der Waals surface area (Å²) < 4.78 is 29.4. The Morgan fingerprint density at radius 3 is 2.57 bits per heavy atom. The monoisotopic (exact) mass is 542 g/mol. The third-order valence-electron chi connectivity index (χ3n) is 4.23. The Morgan fingerprint density at radius 1 is 1.25 bits per heavy atom. The summed E-state index contributed by atoms with van der Waals surface area (Å²) >= 11 is 13.9. The number of hydrogen-bond donors (Lipinski definition) is 3. The van der Waals surface area contributed by atoms with E-state index in [0.717, 1.165) is 22.5 Å². The third kappa shape index (κ3) is 4.85. The van der Waals surface area contributed by atoms with Crippen LogP contribution in [0.25, 0.3) is 0 Å². The highest BCUT2D eigenvalue weighted by molar-refractivity contribution is 14.1. The molecule has 1 unspecified atom stereocenters. The number of aliphatic hydroxyl groups excluding tert-OH is 1. The Balaban J connectivity index is 1.89. The van der Waals surface area contributed by atoms with Gasteiger partial charge in [-0.05, 0) is 65.6 Å². The molecule has 0 spiro atoms. The molecule has 0 bridgehead atoms. The molecule has 3 rings (SSSR count). The van der Waals surface area contributed by atoms with Crippen molar-refractivity contribution in [1.82, 2.24) is 5.48 Å². The molecular weight excluding hydrogens is 528 g/mol. The van der Waals surface area contributed by atoms with Gasteiger partial charge in [0.15, 0.2) is 11.6 Å². The first kappa shape index (κ1) is 21.5. The normalized spacial score (nSPS) is 14.6. The number of aliphatic hydroxyl groups is 1. The van der Waals surface area contributed by atoms with Gasteiger partial charge in [-0.2, -0.15) is 0 Å². The van der Waals surface area contributed by atoms with Gasteiger partial charge < -0.3 is 10.4 Å². The van der Waals surface area contributed by atoms with Crippen molar-refractivity contribution in [1.29, 1.82) is 0 Å². The summed E-state index contributed by atoms with van der Waals surface area (Å²) in [5.74, 6) is -3.31. The zero-order valence-electron chi connectivity index (χ0n) is 14.2. The topological polar surface area (TPSA) is 70.6 Å². The van der Waals surface area contributed by atoms with Crippen LogP contribution in [-0.4, -0.2) is 23.7 Å².